The molecule has 0 aliphatic carbocycles. The lowest BCUT2D eigenvalue weighted by atomic mass is 9.91. The molecule has 2 aliphatic heterocycles. The molecule has 0 unspecified atom stereocenters. The number of aromatic hydroxyl groups is 1. The number of benzene rings is 3. The molecule has 2 aromatic heterocycles. The maximum Gasteiger partial charge on any atom is 0.265 e. The van der Waals surface area contributed by atoms with Gasteiger partial charge in [-0.05, 0) is 79.1 Å². The quantitative estimate of drug-likeness (QED) is 0.195. The molecule has 12 heteroatoms. The number of morpholine rings is 1. The van der Waals surface area contributed by atoms with Gasteiger partial charge in [0.2, 0.25) is 0 Å². The number of hydrogen-bond donors (Lipinski definition) is 1. The van der Waals surface area contributed by atoms with Gasteiger partial charge in [0.1, 0.15) is 17.5 Å². The summed E-state index contributed by atoms with van der Waals surface area (Å²) in [5.41, 5.74) is 6.37. The third-order valence-corrected chi connectivity index (χ3v) is 10.4. The van der Waals surface area contributed by atoms with Gasteiger partial charge in [-0.15, -0.1) is 12.4 Å². The van der Waals surface area contributed by atoms with Crippen LogP contribution >= 0.6 is 24.0 Å². The molecule has 4 heterocycles. The van der Waals surface area contributed by atoms with Gasteiger partial charge in [0.05, 0.1) is 30.2 Å². The van der Waals surface area contributed by atoms with Crippen molar-refractivity contribution in [3.63, 3.8) is 0 Å². The number of halogens is 2. The highest BCUT2D eigenvalue weighted by molar-refractivity contribution is 6.31. The van der Waals surface area contributed by atoms with Crippen LogP contribution in [0.1, 0.15) is 43.2 Å². The fourth-order valence-electron chi connectivity index (χ4n) is 7.27. The van der Waals surface area contributed by atoms with E-state index in [0.717, 1.165) is 31.6 Å². The number of aryl methyl sites for hydroxylation is 1. The number of aromatic nitrogens is 2. The number of hydrogen-bond acceptors (Lipinski definition) is 6. The molecule has 52 heavy (non-hydrogen) atoms. The molecule has 2 aliphatic rings. The van der Waals surface area contributed by atoms with Gasteiger partial charge < -0.3 is 23.9 Å². The van der Waals surface area contributed by atoms with Gasteiger partial charge in [0.25, 0.3) is 11.8 Å². The highest BCUT2D eigenvalue weighted by Crippen LogP contribution is 2.38. The Morgan fingerprint density at radius 3 is 2.38 bits per heavy atom. The zero-order valence-corrected chi connectivity index (χ0v) is 30.8. The van der Waals surface area contributed by atoms with E-state index in [4.69, 9.17) is 16.3 Å². The molecule has 7 rings (SSSR count). The minimum absolute atomic E-state index is 0. The lowest BCUT2D eigenvalue weighted by Crippen LogP contribution is -2.52. The van der Waals surface area contributed by atoms with Gasteiger partial charge in [-0.3, -0.25) is 19.4 Å². The summed E-state index contributed by atoms with van der Waals surface area (Å²) in [6, 6.07) is 25.4. The van der Waals surface area contributed by atoms with Crippen molar-refractivity contribution in [2.24, 2.45) is 14.1 Å². The number of amides is 2. The van der Waals surface area contributed by atoms with Gasteiger partial charge in [0.15, 0.2) is 0 Å². The second-order valence-electron chi connectivity index (χ2n) is 13.2. The van der Waals surface area contributed by atoms with Crippen molar-refractivity contribution in [1.82, 2.24) is 18.9 Å². The average molecular weight is 740 g/mol. The van der Waals surface area contributed by atoms with E-state index in [1.54, 1.807) is 65.2 Å². The molecule has 0 radical (unpaired) electrons. The highest BCUT2D eigenvalue weighted by Gasteiger charge is 2.35. The molecule has 1 atom stereocenters. The smallest absolute Gasteiger partial charge is 0.265 e. The fraction of sp³-hybridized carbons (Fsp3) is 0.275. The van der Waals surface area contributed by atoms with Crippen molar-refractivity contribution in [1.29, 1.82) is 5.26 Å². The number of nitrogens with zero attached hydrogens (tertiary/aromatic N) is 6. The van der Waals surface area contributed by atoms with E-state index in [1.807, 2.05) is 35.6 Å². The summed E-state index contributed by atoms with van der Waals surface area (Å²) in [6.07, 6.45) is 2.53. The van der Waals surface area contributed by atoms with Crippen molar-refractivity contribution in [3.05, 3.63) is 124 Å². The number of carbonyl (C=O) groups excluding carboxylic acids is 2. The molecule has 10 nitrogen and oxygen atoms in total. The molecule has 268 valence electrons. The second kappa shape index (κ2) is 15.3. The topological polar surface area (TPSA) is 107 Å². The van der Waals surface area contributed by atoms with Gasteiger partial charge in [0, 0.05) is 80.0 Å². The number of phenolic OH excluding ortho intramolecular Hbond substituents is 1. The molecule has 2 amide bonds. The molecular formula is C40H40Cl2N6O4. The van der Waals surface area contributed by atoms with E-state index in [1.165, 1.54) is 17.7 Å². The van der Waals surface area contributed by atoms with Crippen molar-refractivity contribution >= 4 is 47.2 Å². The van der Waals surface area contributed by atoms with Gasteiger partial charge in [-0.25, -0.2) is 0 Å². The van der Waals surface area contributed by atoms with Crippen LogP contribution in [0, 0.1) is 18.3 Å². The van der Waals surface area contributed by atoms with E-state index in [9.17, 15) is 20.0 Å². The predicted molar refractivity (Wildman–Crippen MR) is 204 cm³/mol. The summed E-state index contributed by atoms with van der Waals surface area (Å²) >= 11 is 6.65. The monoisotopic (exact) mass is 738 g/mol. The summed E-state index contributed by atoms with van der Waals surface area (Å²) in [5.74, 6) is -0.449. The average Bonchev–Trinajstić information content (AvgIpc) is 3.66. The van der Waals surface area contributed by atoms with Gasteiger partial charge >= 0.3 is 0 Å². The number of rotatable bonds is 7. The maximum atomic E-state index is 14.9. The number of phenols is 1. The molecule has 0 bridgehead atoms. The standard InChI is InChI=1S/C40H39ClN6O4.ClH/c1-26-37(22-31(23-42)44(26)3)47(30-9-11-33(48)12-10-30)40(50)35-14-15-43(2)38(35)36-21-29(41)8-13-34(36)39(49)46-24-28-7-5-4-6-27(28)20-32(46)25-45-16-18-51-19-17-45;/h4-15,21-22,32,48H,16-20,24-25H2,1-3H3;1H/t32-;/m0./s1. The van der Waals surface area contributed by atoms with Crippen LogP contribution in [0.25, 0.3) is 11.3 Å². The van der Waals surface area contributed by atoms with Gasteiger partial charge in [-0.2, -0.15) is 5.26 Å². The summed E-state index contributed by atoms with van der Waals surface area (Å²) < 4.78 is 9.17. The van der Waals surface area contributed by atoms with E-state index in [2.05, 4.69) is 23.1 Å². The van der Waals surface area contributed by atoms with Crippen molar-refractivity contribution in [2.45, 2.75) is 25.9 Å². The minimum Gasteiger partial charge on any atom is -0.508 e. The van der Waals surface area contributed by atoms with Crippen LogP contribution in [0.2, 0.25) is 5.02 Å². The lowest BCUT2D eigenvalue weighted by Gasteiger charge is -2.40. The summed E-state index contributed by atoms with van der Waals surface area (Å²) in [6.45, 7) is 6.01. The number of nitriles is 1. The first kappa shape index (κ1) is 36.7. The van der Waals surface area contributed by atoms with Crippen LogP contribution < -0.4 is 4.90 Å². The predicted octanol–water partition coefficient (Wildman–Crippen LogP) is 6.87. The Morgan fingerprint density at radius 2 is 1.69 bits per heavy atom. The van der Waals surface area contributed by atoms with Crippen LogP contribution in [0.5, 0.6) is 5.75 Å². The Labute approximate surface area is 314 Å². The van der Waals surface area contributed by atoms with Crippen molar-refractivity contribution < 1.29 is 19.4 Å². The van der Waals surface area contributed by atoms with Crippen LogP contribution in [0.3, 0.4) is 0 Å². The van der Waals surface area contributed by atoms with Crippen LogP contribution in [-0.4, -0.2) is 74.7 Å². The number of anilines is 2. The minimum atomic E-state index is -0.370. The first-order valence-corrected chi connectivity index (χ1v) is 17.4. The number of fused-ring (bicyclic) bond motifs is 1. The third kappa shape index (κ3) is 6.93. The molecule has 0 saturated carbocycles. The first-order chi connectivity index (χ1) is 24.6. The Bertz CT molecular complexity index is 2160. The SMILES string of the molecule is Cc1c(N(C(=O)c2ccn(C)c2-c2cc(Cl)ccc2C(=O)N2Cc3ccccc3C[C@H]2CN2CCOCC2)c2ccc(O)cc2)cc(C#N)n1C.Cl. The largest absolute Gasteiger partial charge is 0.508 e. The summed E-state index contributed by atoms with van der Waals surface area (Å²) in [4.78, 5) is 35.6. The van der Waals surface area contributed by atoms with E-state index < -0.39 is 0 Å². The molecule has 3 aromatic carbocycles. The molecular weight excluding hydrogens is 699 g/mol. The third-order valence-electron chi connectivity index (χ3n) is 10.1. The van der Waals surface area contributed by atoms with E-state index in [0.29, 0.717) is 69.9 Å². The molecule has 1 saturated heterocycles. The Morgan fingerprint density at radius 1 is 0.981 bits per heavy atom. The van der Waals surface area contributed by atoms with Crippen molar-refractivity contribution in [2.75, 3.05) is 37.7 Å². The summed E-state index contributed by atoms with van der Waals surface area (Å²) in [7, 11) is 3.62. The zero-order chi connectivity index (χ0) is 35.8. The van der Waals surface area contributed by atoms with Crippen LogP contribution in [-0.2, 0) is 31.8 Å². The fourth-order valence-corrected chi connectivity index (χ4v) is 7.44. The number of ether oxygens (including phenoxy) is 1. The zero-order valence-electron chi connectivity index (χ0n) is 29.3. The van der Waals surface area contributed by atoms with E-state index >= 15 is 0 Å². The number of carbonyl (C=O) groups is 2. The Kier molecular flexibility index (Phi) is 10.8. The van der Waals surface area contributed by atoms with Crippen LogP contribution in [0.15, 0.2) is 85.1 Å². The normalized spacial score (nSPS) is 15.8. The Balaban J connectivity index is 0.00000464. The second-order valence-corrected chi connectivity index (χ2v) is 13.6. The van der Waals surface area contributed by atoms with E-state index in [-0.39, 0.29) is 36.0 Å². The molecule has 5 aromatic rings. The molecule has 1 fully saturated rings. The molecule has 1 N–H and O–H groups in total. The van der Waals surface area contributed by atoms with Crippen LogP contribution in [0.4, 0.5) is 11.4 Å². The van der Waals surface area contributed by atoms with Crippen molar-refractivity contribution in [3.8, 4) is 23.1 Å². The molecule has 0 spiro atoms. The summed E-state index contributed by atoms with van der Waals surface area (Å²) in [5, 5.41) is 20.3. The maximum absolute atomic E-state index is 14.9. The first-order valence-electron chi connectivity index (χ1n) is 17.0. The highest BCUT2D eigenvalue weighted by atomic mass is 35.5. The Hall–Kier alpha value is -5.05. The van der Waals surface area contributed by atoms with Gasteiger partial charge in [-0.1, -0.05) is 35.9 Å². The lowest BCUT2D eigenvalue weighted by molar-refractivity contribution is 0.0193.